The second kappa shape index (κ2) is 7.06. The predicted molar refractivity (Wildman–Crippen MR) is 82.7 cm³/mol. The molecule has 0 aromatic carbocycles. The van der Waals surface area contributed by atoms with Crippen LogP contribution in [0.15, 0.2) is 28.2 Å². The number of carbonyl (C=O) groups excluding carboxylic acids is 1. The van der Waals surface area contributed by atoms with Crippen molar-refractivity contribution >= 4 is 34.8 Å². The fourth-order valence-corrected chi connectivity index (χ4v) is 2.94. The molecule has 2 N–H and O–H groups in total. The van der Waals surface area contributed by atoms with Gasteiger partial charge in [-0.2, -0.15) is 16.6 Å². The Balaban J connectivity index is 1.89. The van der Waals surface area contributed by atoms with Gasteiger partial charge in [-0.05, 0) is 22.4 Å². The summed E-state index contributed by atoms with van der Waals surface area (Å²) < 4.78 is 0. The monoisotopic (exact) mass is 319 g/mol. The highest BCUT2D eigenvalue weighted by Crippen LogP contribution is 2.17. The number of thiophene rings is 1. The van der Waals surface area contributed by atoms with Crippen LogP contribution in [0, 0.1) is 11.3 Å². The fraction of sp³-hybridized carbons (Fsp3) is 0.231. The number of anilines is 1. The molecule has 6 nitrogen and oxygen atoms in total. The van der Waals surface area contributed by atoms with Gasteiger partial charge >= 0.3 is 0 Å². The van der Waals surface area contributed by atoms with Crippen LogP contribution in [0.2, 0.25) is 0 Å². The molecule has 1 amide bonds. The van der Waals surface area contributed by atoms with E-state index < -0.39 is 0 Å². The van der Waals surface area contributed by atoms with E-state index in [-0.39, 0.29) is 23.0 Å². The van der Waals surface area contributed by atoms with E-state index in [4.69, 9.17) is 11.0 Å². The highest BCUT2D eigenvalue weighted by atomic mass is 32.2. The van der Waals surface area contributed by atoms with E-state index in [2.05, 4.69) is 9.97 Å². The highest BCUT2D eigenvalue weighted by molar-refractivity contribution is 7.99. The normalized spacial score (nSPS) is 10.1. The van der Waals surface area contributed by atoms with Gasteiger partial charge in [-0.1, -0.05) is 11.8 Å². The summed E-state index contributed by atoms with van der Waals surface area (Å²) >= 11 is 2.81. The zero-order valence-corrected chi connectivity index (χ0v) is 12.9. The molecule has 8 heteroatoms. The maximum Gasteiger partial charge on any atom is 0.233 e. The Labute approximate surface area is 130 Å². The van der Waals surface area contributed by atoms with Crippen molar-refractivity contribution < 1.29 is 4.79 Å². The van der Waals surface area contributed by atoms with Crippen LogP contribution in [-0.4, -0.2) is 33.6 Å². The third-order valence-corrected chi connectivity index (χ3v) is 4.25. The second-order valence-electron chi connectivity index (χ2n) is 4.23. The van der Waals surface area contributed by atoms with Gasteiger partial charge in [0.25, 0.3) is 0 Å². The molecule has 21 heavy (non-hydrogen) atoms. The number of nitriles is 1. The number of nitrogens with zero attached hydrogens (tertiary/aromatic N) is 4. The minimum atomic E-state index is -0.0160. The Bertz CT molecular complexity index is 666. The summed E-state index contributed by atoms with van der Waals surface area (Å²) in [5, 5.41) is 13.1. The largest absolute Gasteiger partial charge is 0.382 e. The molecule has 0 aliphatic heterocycles. The fourth-order valence-electron chi connectivity index (χ4n) is 1.51. The third kappa shape index (κ3) is 4.18. The Hall–Kier alpha value is -2.11. The lowest BCUT2D eigenvalue weighted by atomic mass is 10.3. The molecule has 2 aromatic heterocycles. The van der Waals surface area contributed by atoms with Crippen molar-refractivity contribution in [3.8, 4) is 6.07 Å². The van der Waals surface area contributed by atoms with Crippen LogP contribution in [0.5, 0.6) is 0 Å². The maximum absolute atomic E-state index is 12.0. The highest BCUT2D eigenvalue weighted by Gasteiger charge is 2.12. The average molecular weight is 319 g/mol. The quantitative estimate of drug-likeness (QED) is 0.666. The molecule has 0 radical (unpaired) electrons. The van der Waals surface area contributed by atoms with Gasteiger partial charge in [-0.15, -0.1) is 0 Å². The number of thioether (sulfide) groups is 1. The van der Waals surface area contributed by atoms with Crippen molar-refractivity contribution in [1.29, 1.82) is 5.26 Å². The molecule has 0 aliphatic carbocycles. The van der Waals surface area contributed by atoms with Crippen molar-refractivity contribution in [2.75, 3.05) is 18.5 Å². The van der Waals surface area contributed by atoms with Crippen LogP contribution in [0.3, 0.4) is 0 Å². The molecule has 0 saturated heterocycles. The van der Waals surface area contributed by atoms with Crippen LogP contribution >= 0.6 is 23.1 Å². The lowest BCUT2D eigenvalue weighted by Gasteiger charge is -2.15. The van der Waals surface area contributed by atoms with Gasteiger partial charge in [0.05, 0.1) is 11.9 Å². The Morgan fingerprint density at radius 2 is 2.43 bits per heavy atom. The van der Waals surface area contributed by atoms with Crippen LogP contribution in [0.25, 0.3) is 0 Å². The van der Waals surface area contributed by atoms with Crippen LogP contribution in [0.4, 0.5) is 5.82 Å². The van der Waals surface area contributed by atoms with E-state index >= 15 is 0 Å². The van der Waals surface area contributed by atoms with Gasteiger partial charge in [-0.3, -0.25) is 4.79 Å². The van der Waals surface area contributed by atoms with Gasteiger partial charge in [0.15, 0.2) is 5.16 Å². The summed E-state index contributed by atoms with van der Waals surface area (Å²) in [4.78, 5) is 21.7. The minimum absolute atomic E-state index is 0.0160. The number of amides is 1. The smallest absolute Gasteiger partial charge is 0.233 e. The molecule has 0 saturated carbocycles. The zero-order valence-electron chi connectivity index (χ0n) is 11.3. The number of hydrogen-bond donors (Lipinski definition) is 1. The number of nitrogens with two attached hydrogens (primary N) is 1. The lowest BCUT2D eigenvalue weighted by Crippen LogP contribution is -2.27. The Morgan fingerprint density at radius 3 is 3.05 bits per heavy atom. The van der Waals surface area contributed by atoms with Crippen LogP contribution in [0.1, 0.15) is 11.1 Å². The summed E-state index contributed by atoms with van der Waals surface area (Å²) in [5.41, 5.74) is 6.95. The first-order valence-electron chi connectivity index (χ1n) is 6.00. The topological polar surface area (TPSA) is 95.9 Å². The number of hydrogen-bond acceptors (Lipinski definition) is 7. The first-order chi connectivity index (χ1) is 10.1. The minimum Gasteiger partial charge on any atom is -0.382 e. The van der Waals surface area contributed by atoms with Crippen molar-refractivity contribution in [2.24, 2.45) is 0 Å². The van der Waals surface area contributed by atoms with E-state index in [0.29, 0.717) is 11.7 Å². The van der Waals surface area contributed by atoms with E-state index in [1.54, 1.807) is 23.3 Å². The van der Waals surface area contributed by atoms with Crippen molar-refractivity contribution in [2.45, 2.75) is 11.7 Å². The molecule has 0 unspecified atom stereocenters. The first kappa shape index (κ1) is 15.3. The van der Waals surface area contributed by atoms with E-state index in [1.165, 1.54) is 18.0 Å². The molecule has 0 atom stereocenters. The summed E-state index contributed by atoms with van der Waals surface area (Å²) in [7, 11) is 1.76. The second-order valence-corrected chi connectivity index (χ2v) is 5.96. The third-order valence-electron chi connectivity index (χ3n) is 2.67. The zero-order chi connectivity index (χ0) is 15.2. The lowest BCUT2D eigenvalue weighted by molar-refractivity contribution is -0.127. The van der Waals surface area contributed by atoms with Gasteiger partial charge < -0.3 is 10.6 Å². The van der Waals surface area contributed by atoms with E-state index in [0.717, 1.165) is 5.56 Å². The van der Waals surface area contributed by atoms with E-state index in [9.17, 15) is 4.79 Å². The summed E-state index contributed by atoms with van der Waals surface area (Å²) in [5.74, 6) is 0.346. The molecule has 2 heterocycles. The summed E-state index contributed by atoms with van der Waals surface area (Å²) in [6.45, 7) is 0.583. The first-order valence-corrected chi connectivity index (χ1v) is 7.93. The molecular weight excluding hydrogens is 306 g/mol. The summed E-state index contributed by atoms with van der Waals surface area (Å²) in [6, 6.07) is 3.89. The maximum atomic E-state index is 12.0. The molecule has 0 aliphatic rings. The number of rotatable bonds is 5. The summed E-state index contributed by atoms with van der Waals surface area (Å²) in [6.07, 6.45) is 1.37. The average Bonchev–Trinajstić information content (AvgIpc) is 2.97. The van der Waals surface area contributed by atoms with Crippen molar-refractivity contribution in [3.63, 3.8) is 0 Å². The Kier molecular flexibility index (Phi) is 5.14. The van der Waals surface area contributed by atoms with Gasteiger partial charge in [-0.25, -0.2) is 9.97 Å². The molecule has 0 spiro atoms. The molecule has 0 bridgehead atoms. The predicted octanol–water partition coefficient (Wildman–Crippen LogP) is 1.74. The molecule has 2 aromatic rings. The molecule has 0 fully saturated rings. The number of aromatic nitrogens is 2. The van der Waals surface area contributed by atoms with Crippen LogP contribution in [-0.2, 0) is 11.3 Å². The van der Waals surface area contributed by atoms with E-state index in [1.807, 2.05) is 22.9 Å². The number of carbonyl (C=O) groups is 1. The van der Waals surface area contributed by atoms with Crippen molar-refractivity contribution in [3.05, 3.63) is 34.2 Å². The standard InChI is InChI=1S/C13H13N5OS2/c1-18(6-9-2-3-20-7-9)11(19)8-21-13-16-5-10(4-14)12(15)17-13/h2-3,5,7H,6,8H2,1H3,(H2,15,16,17). The van der Waals surface area contributed by atoms with Gasteiger partial charge in [0, 0.05) is 13.6 Å². The SMILES string of the molecule is CN(Cc1ccsc1)C(=O)CSc1ncc(C#N)c(N)n1. The number of nitrogen functional groups attached to an aromatic ring is 1. The molecule has 2 rings (SSSR count). The van der Waals surface area contributed by atoms with Crippen LogP contribution < -0.4 is 5.73 Å². The van der Waals surface area contributed by atoms with Gasteiger partial charge in [0.2, 0.25) is 5.91 Å². The molecule has 108 valence electrons. The molecular formula is C13H13N5OS2. The van der Waals surface area contributed by atoms with Gasteiger partial charge in [0.1, 0.15) is 17.5 Å². The Morgan fingerprint density at radius 1 is 1.62 bits per heavy atom. The van der Waals surface area contributed by atoms with Crippen molar-refractivity contribution in [1.82, 2.24) is 14.9 Å².